The third-order valence-corrected chi connectivity index (χ3v) is 3.46. The molecular weight excluding hydrogens is 186 g/mol. The lowest BCUT2D eigenvalue weighted by atomic mass is 9.80. The van der Waals surface area contributed by atoms with Crippen molar-refractivity contribution in [3.05, 3.63) is 0 Å². The molecule has 0 aromatic carbocycles. The van der Waals surface area contributed by atoms with Gasteiger partial charge >= 0.3 is 0 Å². The molecule has 1 saturated carbocycles. The first kappa shape index (κ1) is 13.0. The molecular formula is C13H27NO. The van der Waals surface area contributed by atoms with E-state index in [9.17, 15) is 5.11 Å². The van der Waals surface area contributed by atoms with Crippen LogP contribution in [-0.2, 0) is 0 Å². The fraction of sp³-hybridized carbons (Fsp3) is 1.00. The quantitative estimate of drug-likeness (QED) is 0.670. The van der Waals surface area contributed by atoms with Gasteiger partial charge in [-0.05, 0) is 45.2 Å². The molecule has 1 rings (SSSR count). The Kier molecular flexibility index (Phi) is 5.62. The van der Waals surface area contributed by atoms with Crippen LogP contribution in [0.4, 0.5) is 0 Å². The molecule has 0 bridgehead atoms. The maximum Gasteiger partial charge on any atom is 0.0774 e. The Morgan fingerprint density at radius 2 is 1.60 bits per heavy atom. The first-order valence-electron chi connectivity index (χ1n) is 6.65. The summed E-state index contributed by atoms with van der Waals surface area (Å²) in [6, 6.07) is 0. The highest BCUT2D eigenvalue weighted by Gasteiger charge is 2.35. The smallest absolute Gasteiger partial charge is 0.0774 e. The first-order chi connectivity index (χ1) is 7.20. The third kappa shape index (κ3) is 4.52. The van der Waals surface area contributed by atoms with Gasteiger partial charge in [-0.1, -0.05) is 26.7 Å². The van der Waals surface area contributed by atoms with Gasteiger partial charge in [0.05, 0.1) is 5.60 Å². The highest BCUT2D eigenvalue weighted by atomic mass is 16.3. The average Bonchev–Trinajstić information content (AvgIpc) is 2.19. The van der Waals surface area contributed by atoms with Crippen LogP contribution in [0.15, 0.2) is 0 Å². The highest BCUT2D eigenvalue weighted by Crippen LogP contribution is 2.32. The Morgan fingerprint density at radius 1 is 1.07 bits per heavy atom. The highest BCUT2D eigenvalue weighted by molar-refractivity contribution is 4.90. The van der Waals surface area contributed by atoms with E-state index >= 15 is 0 Å². The Labute approximate surface area is 94.7 Å². The molecule has 0 heterocycles. The van der Waals surface area contributed by atoms with Crippen LogP contribution in [0.3, 0.4) is 0 Å². The van der Waals surface area contributed by atoms with E-state index in [4.69, 9.17) is 0 Å². The molecule has 0 aromatic heterocycles. The van der Waals surface area contributed by atoms with Gasteiger partial charge in [0, 0.05) is 6.54 Å². The lowest BCUT2D eigenvalue weighted by Gasteiger charge is -2.40. The van der Waals surface area contributed by atoms with E-state index in [1.807, 2.05) is 0 Å². The second kappa shape index (κ2) is 6.49. The monoisotopic (exact) mass is 213 g/mol. The maximum absolute atomic E-state index is 10.1. The molecule has 2 nitrogen and oxygen atoms in total. The molecule has 0 aromatic rings. The molecule has 1 aliphatic rings. The number of hydrogen-bond acceptors (Lipinski definition) is 2. The second-order valence-corrected chi connectivity index (χ2v) is 5.06. The van der Waals surface area contributed by atoms with Crippen LogP contribution < -0.4 is 0 Å². The zero-order valence-electron chi connectivity index (χ0n) is 10.5. The number of unbranched alkanes of at least 4 members (excludes halogenated alkanes) is 2. The fourth-order valence-electron chi connectivity index (χ4n) is 2.19. The first-order valence-corrected chi connectivity index (χ1v) is 6.65. The van der Waals surface area contributed by atoms with Crippen molar-refractivity contribution in [3.63, 3.8) is 0 Å². The van der Waals surface area contributed by atoms with Crippen LogP contribution in [0, 0.1) is 0 Å². The summed E-state index contributed by atoms with van der Waals surface area (Å²) in [5.41, 5.74) is -0.332. The van der Waals surface area contributed by atoms with Crippen LogP contribution in [0.5, 0.6) is 0 Å². The van der Waals surface area contributed by atoms with Gasteiger partial charge in [-0.25, -0.2) is 0 Å². The van der Waals surface area contributed by atoms with E-state index in [-0.39, 0.29) is 5.60 Å². The van der Waals surface area contributed by atoms with Crippen LogP contribution in [0.1, 0.15) is 58.8 Å². The number of rotatable bonds is 8. The van der Waals surface area contributed by atoms with Gasteiger partial charge in [0.1, 0.15) is 0 Å². The van der Waals surface area contributed by atoms with Gasteiger partial charge in [0.15, 0.2) is 0 Å². The number of aliphatic hydroxyl groups is 1. The van der Waals surface area contributed by atoms with E-state index in [1.54, 1.807) is 0 Å². The van der Waals surface area contributed by atoms with Gasteiger partial charge in [-0.15, -0.1) is 0 Å². The van der Waals surface area contributed by atoms with Gasteiger partial charge in [0.25, 0.3) is 0 Å². The van der Waals surface area contributed by atoms with Crippen LogP contribution in [0.2, 0.25) is 0 Å². The predicted molar refractivity (Wildman–Crippen MR) is 65.1 cm³/mol. The fourth-order valence-corrected chi connectivity index (χ4v) is 2.19. The van der Waals surface area contributed by atoms with Crippen LogP contribution >= 0.6 is 0 Å². The van der Waals surface area contributed by atoms with E-state index in [1.165, 1.54) is 45.2 Å². The molecule has 2 heteroatoms. The van der Waals surface area contributed by atoms with Crippen molar-refractivity contribution >= 4 is 0 Å². The predicted octanol–water partition coefficient (Wildman–Crippen LogP) is 2.80. The average molecular weight is 213 g/mol. The summed E-state index contributed by atoms with van der Waals surface area (Å²) in [5, 5.41) is 10.1. The summed E-state index contributed by atoms with van der Waals surface area (Å²) >= 11 is 0. The van der Waals surface area contributed by atoms with Crippen molar-refractivity contribution in [2.45, 2.75) is 64.4 Å². The summed E-state index contributed by atoms with van der Waals surface area (Å²) in [6.45, 7) is 7.71. The molecule has 0 unspecified atom stereocenters. The molecule has 1 fully saturated rings. The third-order valence-electron chi connectivity index (χ3n) is 3.46. The van der Waals surface area contributed by atoms with Gasteiger partial charge < -0.3 is 10.0 Å². The summed E-state index contributed by atoms with van der Waals surface area (Å²) in [7, 11) is 0. The van der Waals surface area contributed by atoms with E-state index < -0.39 is 0 Å². The lowest BCUT2D eigenvalue weighted by Crippen LogP contribution is -2.48. The molecule has 0 saturated heterocycles. The SMILES string of the molecule is CCCCN(CCCC)CC1(O)CCC1. The Morgan fingerprint density at radius 3 is 1.93 bits per heavy atom. The summed E-state index contributed by atoms with van der Waals surface area (Å²) < 4.78 is 0. The van der Waals surface area contributed by atoms with Crippen LogP contribution in [-0.4, -0.2) is 35.2 Å². The molecule has 0 atom stereocenters. The summed E-state index contributed by atoms with van der Waals surface area (Å²) in [5.74, 6) is 0. The van der Waals surface area contributed by atoms with Gasteiger partial charge in [0.2, 0.25) is 0 Å². The number of nitrogens with zero attached hydrogens (tertiary/aromatic N) is 1. The van der Waals surface area contributed by atoms with Crippen molar-refractivity contribution in [1.82, 2.24) is 4.90 Å². The van der Waals surface area contributed by atoms with E-state index in [2.05, 4.69) is 18.7 Å². The summed E-state index contributed by atoms with van der Waals surface area (Å²) in [6.07, 6.45) is 8.27. The van der Waals surface area contributed by atoms with Gasteiger partial charge in [-0.3, -0.25) is 0 Å². The molecule has 1 aliphatic carbocycles. The summed E-state index contributed by atoms with van der Waals surface area (Å²) in [4.78, 5) is 2.46. The zero-order valence-corrected chi connectivity index (χ0v) is 10.5. The standard InChI is InChI=1S/C13H27NO/c1-3-5-10-14(11-6-4-2)12-13(15)8-7-9-13/h15H,3-12H2,1-2H3. The Balaban J connectivity index is 2.26. The molecule has 0 spiro atoms. The molecule has 0 amide bonds. The van der Waals surface area contributed by atoms with E-state index in [0.29, 0.717) is 0 Å². The normalized spacial score (nSPS) is 19.2. The van der Waals surface area contributed by atoms with Crippen molar-refractivity contribution in [2.75, 3.05) is 19.6 Å². The minimum atomic E-state index is -0.332. The van der Waals surface area contributed by atoms with Gasteiger partial charge in [-0.2, -0.15) is 0 Å². The van der Waals surface area contributed by atoms with Crippen molar-refractivity contribution in [2.24, 2.45) is 0 Å². The molecule has 0 radical (unpaired) electrons. The minimum Gasteiger partial charge on any atom is -0.389 e. The molecule has 15 heavy (non-hydrogen) atoms. The Hall–Kier alpha value is -0.0800. The molecule has 0 aliphatic heterocycles. The van der Waals surface area contributed by atoms with Crippen molar-refractivity contribution < 1.29 is 5.11 Å². The van der Waals surface area contributed by atoms with Crippen molar-refractivity contribution in [1.29, 1.82) is 0 Å². The lowest BCUT2D eigenvalue weighted by molar-refractivity contribution is -0.0591. The molecule has 90 valence electrons. The Bertz CT molecular complexity index is 158. The largest absolute Gasteiger partial charge is 0.389 e. The minimum absolute atomic E-state index is 0.332. The molecule has 1 N–H and O–H groups in total. The van der Waals surface area contributed by atoms with Crippen molar-refractivity contribution in [3.8, 4) is 0 Å². The van der Waals surface area contributed by atoms with Crippen LogP contribution in [0.25, 0.3) is 0 Å². The topological polar surface area (TPSA) is 23.5 Å². The maximum atomic E-state index is 10.1. The van der Waals surface area contributed by atoms with E-state index in [0.717, 1.165) is 19.4 Å². The number of hydrogen-bond donors (Lipinski definition) is 1. The zero-order chi connectivity index (χ0) is 11.1. The second-order valence-electron chi connectivity index (χ2n) is 5.06.